The van der Waals surface area contributed by atoms with Crippen LogP contribution in [0.3, 0.4) is 0 Å². The van der Waals surface area contributed by atoms with Crippen LogP contribution in [0.1, 0.15) is 20.7 Å². The van der Waals surface area contributed by atoms with Gasteiger partial charge in [-0.15, -0.1) is 0 Å². The summed E-state index contributed by atoms with van der Waals surface area (Å²) in [7, 11) is 0. The van der Waals surface area contributed by atoms with Gasteiger partial charge in [-0.05, 0) is 0 Å². The normalized spacial score (nSPS) is 10.2. The minimum absolute atomic E-state index is 0.241. The van der Waals surface area contributed by atoms with E-state index < -0.39 is 0 Å². The number of hydrogen-bond acceptors (Lipinski definition) is 2. The van der Waals surface area contributed by atoms with Gasteiger partial charge < -0.3 is 0 Å². The summed E-state index contributed by atoms with van der Waals surface area (Å²) in [6, 6.07) is 18.9. The van der Waals surface area contributed by atoms with Gasteiger partial charge in [-0.3, -0.25) is 0 Å². The number of carbonyl (C=O) groups is 2. The molecule has 2 aromatic carbocycles. The van der Waals surface area contributed by atoms with E-state index in [4.69, 9.17) is 0 Å². The van der Waals surface area contributed by atoms with E-state index >= 15 is 0 Å². The predicted molar refractivity (Wildman–Crippen MR) is 82.7 cm³/mol. The topological polar surface area (TPSA) is 34.1 Å². The molecule has 0 N–H and O–H groups in total. The summed E-state index contributed by atoms with van der Waals surface area (Å²) in [6.07, 6.45) is 0. The van der Waals surface area contributed by atoms with Gasteiger partial charge in [-0.2, -0.15) is 0 Å². The van der Waals surface area contributed by atoms with Crippen molar-refractivity contribution in [1.29, 1.82) is 0 Å². The molecule has 2 nitrogen and oxygen atoms in total. The summed E-state index contributed by atoms with van der Waals surface area (Å²) >= 11 is -0.575. The summed E-state index contributed by atoms with van der Waals surface area (Å²) in [5, 5.41) is 0. The van der Waals surface area contributed by atoms with E-state index in [-0.39, 0.29) is 45.7 Å². The van der Waals surface area contributed by atoms with E-state index in [1.165, 1.54) is 0 Å². The molecule has 0 fully saturated rings. The van der Waals surface area contributed by atoms with E-state index in [0.29, 0.717) is 8.94 Å². The van der Waals surface area contributed by atoms with E-state index in [9.17, 15) is 9.59 Å². The maximum atomic E-state index is 11.9. The molecule has 0 aliphatic carbocycles. The van der Waals surface area contributed by atoms with Gasteiger partial charge in [0.2, 0.25) is 0 Å². The van der Waals surface area contributed by atoms with Crippen LogP contribution >= 0.6 is 0 Å². The first kappa shape index (κ1) is 15.7. The van der Waals surface area contributed by atoms with E-state index in [1.807, 2.05) is 60.7 Å². The molecule has 102 valence electrons. The molecule has 2 aromatic rings. The van der Waals surface area contributed by atoms with Crippen LogP contribution in [0.5, 0.6) is 0 Å². The molecule has 20 heavy (non-hydrogen) atoms. The van der Waals surface area contributed by atoms with Crippen molar-refractivity contribution in [3.05, 3.63) is 71.8 Å². The van der Waals surface area contributed by atoms with Crippen LogP contribution in [-0.2, 0) is 0 Å². The van der Waals surface area contributed by atoms with Crippen LogP contribution in [0.4, 0.5) is 0 Å². The van der Waals surface area contributed by atoms with Gasteiger partial charge in [0.15, 0.2) is 0 Å². The fraction of sp³-hybridized carbons (Fsp3) is 0.125. The second-order valence-electron chi connectivity index (χ2n) is 4.10. The van der Waals surface area contributed by atoms with Crippen molar-refractivity contribution < 1.29 is 9.59 Å². The zero-order chi connectivity index (χ0) is 14.2. The van der Waals surface area contributed by atoms with Crippen molar-refractivity contribution in [2.24, 2.45) is 0 Å². The van der Waals surface area contributed by atoms with Crippen molar-refractivity contribution in [3.63, 3.8) is 0 Å². The molecule has 0 heterocycles. The summed E-state index contributed by atoms with van der Waals surface area (Å²) in [4.78, 5) is 23.9. The molecule has 0 bridgehead atoms. The molecule has 0 saturated carbocycles. The molecular formula is C16H14O2Te2. The molecule has 0 saturated heterocycles. The Labute approximate surface area is 135 Å². The molecular weight excluding hydrogens is 479 g/mol. The van der Waals surface area contributed by atoms with Crippen molar-refractivity contribution in [2.45, 2.75) is 8.94 Å². The van der Waals surface area contributed by atoms with Crippen LogP contribution in [-0.4, -0.2) is 45.7 Å². The van der Waals surface area contributed by atoms with Gasteiger partial charge in [0.25, 0.3) is 0 Å². The number of benzene rings is 2. The fourth-order valence-corrected chi connectivity index (χ4v) is 10.9. The monoisotopic (exact) mass is 498 g/mol. The molecule has 2 rings (SSSR count). The SMILES string of the molecule is O=C(C[Te][Te]CC(=O)c1ccccc1)c1ccccc1. The number of ketones is 2. The van der Waals surface area contributed by atoms with Crippen molar-refractivity contribution in [1.82, 2.24) is 0 Å². The fourth-order valence-electron chi connectivity index (χ4n) is 1.61. The summed E-state index contributed by atoms with van der Waals surface area (Å²) < 4.78 is 1.39. The Kier molecular flexibility index (Phi) is 6.77. The summed E-state index contributed by atoms with van der Waals surface area (Å²) in [6.45, 7) is 0. The van der Waals surface area contributed by atoms with E-state index in [1.54, 1.807) is 0 Å². The van der Waals surface area contributed by atoms with E-state index in [0.717, 1.165) is 11.1 Å². The van der Waals surface area contributed by atoms with Gasteiger partial charge in [-0.25, -0.2) is 0 Å². The van der Waals surface area contributed by atoms with Gasteiger partial charge in [0, 0.05) is 0 Å². The Morgan fingerprint density at radius 3 is 1.35 bits per heavy atom. The molecule has 4 heteroatoms. The van der Waals surface area contributed by atoms with Crippen LogP contribution in [0.25, 0.3) is 0 Å². The predicted octanol–water partition coefficient (Wildman–Crippen LogP) is 2.91. The Morgan fingerprint density at radius 2 is 1.00 bits per heavy atom. The van der Waals surface area contributed by atoms with Crippen molar-refractivity contribution >= 4 is 45.7 Å². The Morgan fingerprint density at radius 1 is 0.650 bits per heavy atom. The van der Waals surface area contributed by atoms with Crippen LogP contribution in [0.2, 0.25) is 8.94 Å². The number of Topliss-reactive ketones (excluding diaryl/α,β-unsaturated/α-hetero) is 2. The second kappa shape index (κ2) is 8.60. The summed E-state index contributed by atoms with van der Waals surface area (Å²) in [5.41, 5.74) is 1.61. The zero-order valence-corrected chi connectivity index (χ0v) is 15.5. The standard InChI is InChI=1S/C16H14O2Te2/c17-15(13-7-3-1-4-8-13)11-19-20-12-16(18)14-9-5-2-6-10-14/h1-10H,11-12H2. The van der Waals surface area contributed by atoms with Crippen molar-refractivity contribution in [2.75, 3.05) is 0 Å². The van der Waals surface area contributed by atoms with Gasteiger partial charge in [0.1, 0.15) is 0 Å². The van der Waals surface area contributed by atoms with Crippen molar-refractivity contribution in [3.8, 4) is 0 Å². The zero-order valence-electron chi connectivity index (χ0n) is 10.8. The molecule has 0 aromatic heterocycles. The quantitative estimate of drug-likeness (QED) is 0.338. The second-order valence-corrected chi connectivity index (χ2v) is 16.1. The molecule has 0 radical (unpaired) electrons. The Bertz CT molecular complexity index is 514. The average molecular weight is 493 g/mol. The van der Waals surface area contributed by atoms with Crippen LogP contribution < -0.4 is 0 Å². The molecule has 0 unspecified atom stereocenters. The van der Waals surface area contributed by atoms with E-state index in [2.05, 4.69) is 0 Å². The first-order valence-corrected chi connectivity index (χ1v) is 16.8. The van der Waals surface area contributed by atoms with Crippen LogP contribution in [0, 0.1) is 0 Å². The number of carbonyl (C=O) groups excluding carboxylic acids is 2. The summed E-state index contributed by atoms with van der Waals surface area (Å²) in [5.74, 6) is 0.482. The molecule has 0 aliphatic heterocycles. The van der Waals surface area contributed by atoms with Gasteiger partial charge in [-0.1, -0.05) is 0 Å². The Balaban J connectivity index is 1.72. The first-order valence-electron chi connectivity index (χ1n) is 6.18. The van der Waals surface area contributed by atoms with Gasteiger partial charge in [0.05, 0.1) is 0 Å². The third-order valence-electron chi connectivity index (χ3n) is 2.65. The molecule has 0 amide bonds. The van der Waals surface area contributed by atoms with Crippen LogP contribution in [0.15, 0.2) is 60.7 Å². The maximum absolute atomic E-state index is 11.9. The average Bonchev–Trinajstić information content (AvgIpc) is 2.53. The Hall–Kier alpha value is -0.641. The first-order chi connectivity index (χ1) is 9.77. The minimum atomic E-state index is -0.288. The molecule has 0 atom stereocenters. The third kappa shape index (κ3) is 5.04. The third-order valence-corrected chi connectivity index (χ3v) is 13.0. The van der Waals surface area contributed by atoms with Gasteiger partial charge >= 0.3 is 136 Å². The molecule has 0 spiro atoms. The molecule has 0 aliphatic rings. The number of rotatable bonds is 7. The number of hydrogen-bond donors (Lipinski definition) is 0.